The van der Waals surface area contributed by atoms with Crippen molar-refractivity contribution in [3.63, 3.8) is 0 Å². The highest BCUT2D eigenvalue weighted by Gasteiger charge is 2.43. The predicted molar refractivity (Wildman–Crippen MR) is 70.2 cm³/mol. The highest BCUT2D eigenvalue weighted by Crippen LogP contribution is 2.39. The molecule has 21 heavy (non-hydrogen) atoms. The molecule has 0 radical (unpaired) electrons. The van der Waals surface area contributed by atoms with E-state index in [0.717, 1.165) is 39.1 Å². The second-order valence-corrected chi connectivity index (χ2v) is 5.93. The topological polar surface area (TPSA) is 43.2 Å². The minimum absolute atomic E-state index is 0.0105. The second-order valence-electron chi connectivity index (χ2n) is 5.93. The van der Waals surface area contributed by atoms with Crippen LogP contribution in [0.1, 0.15) is 25.6 Å². The molecule has 3 heterocycles. The zero-order valence-electron chi connectivity index (χ0n) is 12.0. The van der Waals surface area contributed by atoms with Gasteiger partial charge in [0.2, 0.25) is 5.95 Å². The van der Waals surface area contributed by atoms with Crippen molar-refractivity contribution in [2.24, 2.45) is 5.41 Å². The minimum Gasteiger partial charge on any atom is -0.381 e. The Morgan fingerprint density at radius 2 is 2.10 bits per heavy atom. The number of halogens is 3. The van der Waals surface area contributed by atoms with Gasteiger partial charge in [0.25, 0.3) is 0 Å². The van der Waals surface area contributed by atoms with Crippen LogP contribution in [0.15, 0.2) is 0 Å². The second kappa shape index (κ2) is 5.15. The lowest BCUT2D eigenvalue weighted by molar-refractivity contribution is -0.129. The van der Waals surface area contributed by atoms with Crippen LogP contribution in [0.4, 0.5) is 19.1 Å². The van der Waals surface area contributed by atoms with Gasteiger partial charge in [-0.05, 0) is 19.8 Å². The molecule has 0 aromatic carbocycles. The average Bonchev–Trinajstić information content (AvgIpc) is 3.09. The summed E-state index contributed by atoms with van der Waals surface area (Å²) in [7, 11) is 0. The summed E-state index contributed by atoms with van der Waals surface area (Å²) in [5.74, 6) is 0.546. The first-order valence-corrected chi connectivity index (χ1v) is 7.24. The zero-order valence-corrected chi connectivity index (χ0v) is 12.0. The first-order valence-electron chi connectivity index (χ1n) is 7.24. The van der Waals surface area contributed by atoms with E-state index in [0.29, 0.717) is 12.5 Å². The summed E-state index contributed by atoms with van der Waals surface area (Å²) in [5, 5.41) is 7.76. The average molecular weight is 304 g/mol. The van der Waals surface area contributed by atoms with Crippen LogP contribution in [0, 0.1) is 5.41 Å². The fraction of sp³-hybridized carbons (Fsp3) is 0.846. The molecule has 3 rings (SSSR count). The molecule has 0 bridgehead atoms. The van der Waals surface area contributed by atoms with Gasteiger partial charge in [0.1, 0.15) is 12.2 Å². The molecule has 0 N–H and O–H groups in total. The Morgan fingerprint density at radius 3 is 2.71 bits per heavy atom. The molecule has 1 atom stereocenters. The van der Waals surface area contributed by atoms with Crippen molar-refractivity contribution in [1.29, 1.82) is 0 Å². The summed E-state index contributed by atoms with van der Waals surface area (Å²) in [6, 6.07) is 0. The summed E-state index contributed by atoms with van der Waals surface area (Å²) in [6.07, 6.45) is -3.28. The lowest BCUT2D eigenvalue weighted by atomic mass is 9.87. The molecule has 2 fully saturated rings. The van der Waals surface area contributed by atoms with Gasteiger partial charge in [0.15, 0.2) is 0 Å². The van der Waals surface area contributed by atoms with E-state index >= 15 is 0 Å². The van der Waals surface area contributed by atoms with Gasteiger partial charge in [-0.1, -0.05) is 0 Å². The molecule has 1 aromatic heterocycles. The third-order valence-corrected chi connectivity index (χ3v) is 4.39. The minimum atomic E-state index is -4.26. The van der Waals surface area contributed by atoms with E-state index in [1.54, 1.807) is 4.57 Å². The van der Waals surface area contributed by atoms with Gasteiger partial charge in [0.05, 0.1) is 6.61 Å². The fourth-order valence-electron chi connectivity index (χ4n) is 3.27. The molecule has 0 amide bonds. The van der Waals surface area contributed by atoms with Crippen LogP contribution in [0.3, 0.4) is 0 Å². The highest BCUT2D eigenvalue weighted by molar-refractivity contribution is 5.34. The van der Waals surface area contributed by atoms with Crippen LogP contribution in [0.25, 0.3) is 0 Å². The van der Waals surface area contributed by atoms with Crippen LogP contribution in [-0.2, 0) is 17.7 Å². The van der Waals surface area contributed by atoms with Crippen molar-refractivity contribution in [3.8, 4) is 0 Å². The molecule has 118 valence electrons. The summed E-state index contributed by atoms with van der Waals surface area (Å²) in [5.41, 5.74) is 0.148. The quantitative estimate of drug-likeness (QED) is 0.857. The maximum absolute atomic E-state index is 12.6. The van der Waals surface area contributed by atoms with E-state index in [9.17, 15) is 13.2 Å². The van der Waals surface area contributed by atoms with E-state index < -0.39 is 12.6 Å². The Kier molecular flexibility index (Phi) is 3.59. The largest absolute Gasteiger partial charge is 0.396 e. The molecular weight excluding hydrogens is 285 g/mol. The number of rotatable bonds is 3. The molecule has 5 nitrogen and oxygen atoms in total. The fourth-order valence-corrected chi connectivity index (χ4v) is 3.27. The third-order valence-electron chi connectivity index (χ3n) is 4.39. The molecule has 2 saturated heterocycles. The number of alkyl halides is 3. The SMILES string of the molecule is CCn1c(CC(F)(F)F)nnc1N1CCC2(CCOC2)C1. The molecule has 1 spiro atoms. The lowest BCUT2D eigenvalue weighted by Gasteiger charge is -2.23. The maximum atomic E-state index is 12.6. The van der Waals surface area contributed by atoms with Gasteiger partial charge < -0.3 is 9.64 Å². The van der Waals surface area contributed by atoms with Crippen LogP contribution < -0.4 is 4.90 Å². The van der Waals surface area contributed by atoms with Crippen LogP contribution in [0.5, 0.6) is 0 Å². The first kappa shape index (κ1) is 14.6. The van der Waals surface area contributed by atoms with Gasteiger partial charge in [-0.2, -0.15) is 13.2 Å². The van der Waals surface area contributed by atoms with Crippen molar-refractivity contribution in [3.05, 3.63) is 5.82 Å². The van der Waals surface area contributed by atoms with Crippen molar-refractivity contribution >= 4 is 5.95 Å². The smallest absolute Gasteiger partial charge is 0.381 e. The van der Waals surface area contributed by atoms with Crippen LogP contribution in [-0.4, -0.2) is 47.2 Å². The summed E-state index contributed by atoms with van der Waals surface area (Å²) in [6.45, 7) is 5.35. The van der Waals surface area contributed by atoms with Crippen LogP contribution in [0.2, 0.25) is 0 Å². The molecular formula is C13H19F3N4O. The summed E-state index contributed by atoms with van der Waals surface area (Å²) in [4.78, 5) is 2.05. The predicted octanol–water partition coefficient (Wildman–Crippen LogP) is 2.02. The van der Waals surface area contributed by atoms with Crippen molar-refractivity contribution in [1.82, 2.24) is 14.8 Å². The van der Waals surface area contributed by atoms with E-state index in [2.05, 4.69) is 10.2 Å². The third kappa shape index (κ3) is 2.86. The lowest BCUT2D eigenvalue weighted by Crippen LogP contribution is -2.29. The van der Waals surface area contributed by atoms with E-state index in [4.69, 9.17) is 4.74 Å². The Balaban J connectivity index is 1.80. The Bertz CT molecular complexity index is 508. The van der Waals surface area contributed by atoms with Gasteiger partial charge in [-0.3, -0.25) is 4.57 Å². The number of ether oxygens (including phenoxy) is 1. The van der Waals surface area contributed by atoms with Gasteiger partial charge >= 0.3 is 6.18 Å². The molecule has 0 saturated carbocycles. The van der Waals surface area contributed by atoms with Gasteiger partial charge in [-0.15, -0.1) is 10.2 Å². The molecule has 1 aromatic rings. The van der Waals surface area contributed by atoms with Gasteiger partial charge in [-0.25, -0.2) is 0 Å². The van der Waals surface area contributed by atoms with E-state index in [1.165, 1.54) is 0 Å². The molecule has 1 unspecified atom stereocenters. The van der Waals surface area contributed by atoms with E-state index in [-0.39, 0.29) is 11.2 Å². The summed E-state index contributed by atoms with van der Waals surface area (Å²) >= 11 is 0. The van der Waals surface area contributed by atoms with Crippen molar-refractivity contribution in [2.75, 3.05) is 31.2 Å². The number of hydrogen-bond acceptors (Lipinski definition) is 4. The Hall–Kier alpha value is -1.31. The summed E-state index contributed by atoms with van der Waals surface area (Å²) < 4.78 is 44.8. The molecule has 2 aliphatic rings. The molecule has 0 aliphatic carbocycles. The van der Waals surface area contributed by atoms with Crippen molar-refractivity contribution < 1.29 is 17.9 Å². The maximum Gasteiger partial charge on any atom is 0.396 e. The zero-order chi connectivity index (χ0) is 15.1. The Morgan fingerprint density at radius 1 is 1.29 bits per heavy atom. The highest BCUT2D eigenvalue weighted by atomic mass is 19.4. The molecule has 2 aliphatic heterocycles. The number of anilines is 1. The molecule has 8 heteroatoms. The van der Waals surface area contributed by atoms with Crippen LogP contribution >= 0.6 is 0 Å². The van der Waals surface area contributed by atoms with E-state index in [1.807, 2.05) is 11.8 Å². The number of hydrogen-bond donors (Lipinski definition) is 0. The normalized spacial score (nSPS) is 26.2. The van der Waals surface area contributed by atoms with Crippen molar-refractivity contribution in [2.45, 2.75) is 38.9 Å². The standard InChI is InChI=1S/C13H19F3N4O/c1-2-20-10(7-13(14,15)16)17-18-11(20)19-5-3-12(8-19)4-6-21-9-12/h2-9H2,1H3. The monoisotopic (exact) mass is 304 g/mol. The van der Waals surface area contributed by atoms with Gasteiger partial charge in [0, 0.05) is 31.7 Å². The first-order chi connectivity index (χ1) is 9.92. The number of aromatic nitrogens is 3. The Labute approximate surface area is 121 Å². The number of nitrogens with zero attached hydrogens (tertiary/aromatic N) is 4.